The maximum atomic E-state index is 13.3. The Bertz CT molecular complexity index is 1020. The Kier molecular flexibility index (Phi) is 6.52. The second-order valence-electron chi connectivity index (χ2n) is 8.88. The first-order valence-electron chi connectivity index (χ1n) is 10.4. The molecule has 0 amide bonds. The maximum Gasteiger partial charge on any atom is 0.309 e. The third kappa shape index (κ3) is 4.90. The van der Waals surface area contributed by atoms with E-state index in [0.717, 1.165) is 0 Å². The number of nitrogens with zero attached hydrogens (tertiary/aromatic N) is 3. The monoisotopic (exact) mass is 445 g/mol. The van der Waals surface area contributed by atoms with Crippen molar-refractivity contribution in [1.29, 1.82) is 0 Å². The number of esters is 1. The van der Waals surface area contributed by atoms with Crippen molar-refractivity contribution in [3.63, 3.8) is 0 Å². The number of carboxylic acids is 1. The first-order valence-corrected chi connectivity index (χ1v) is 10.4. The predicted molar refractivity (Wildman–Crippen MR) is 111 cm³/mol. The molecule has 0 bridgehead atoms. The molecule has 0 radical (unpaired) electrons. The van der Waals surface area contributed by atoms with E-state index in [-0.39, 0.29) is 60.8 Å². The van der Waals surface area contributed by atoms with Crippen molar-refractivity contribution < 1.29 is 34.4 Å². The van der Waals surface area contributed by atoms with E-state index in [2.05, 4.69) is 10.2 Å². The van der Waals surface area contributed by atoms with Crippen molar-refractivity contribution in [2.75, 3.05) is 0 Å². The molecule has 2 aromatic rings. The van der Waals surface area contributed by atoms with Gasteiger partial charge in [-0.15, -0.1) is 5.10 Å². The molecule has 1 aliphatic rings. The minimum Gasteiger partial charge on any atom is -0.494 e. The Morgan fingerprint density at radius 1 is 1.22 bits per heavy atom. The first-order chi connectivity index (χ1) is 15.0. The highest BCUT2D eigenvalue weighted by Gasteiger charge is 2.42. The maximum absolute atomic E-state index is 13.3. The van der Waals surface area contributed by atoms with Gasteiger partial charge in [-0.2, -0.15) is 5.10 Å². The second-order valence-corrected chi connectivity index (χ2v) is 8.88. The quantitative estimate of drug-likeness (QED) is 0.431. The summed E-state index contributed by atoms with van der Waals surface area (Å²) >= 11 is 0. The van der Waals surface area contributed by atoms with E-state index in [1.807, 2.05) is 0 Å². The van der Waals surface area contributed by atoms with E-state index in [4.69, 9.17) is 9.84 Å². The Labute approximate surface area is 184 Å². The summed E-state index contributed by atoms with van der Waals surface area (Å²) in [6.45, 7) is 5.26. The molecule has 0 saturated heterocycles. The lowest BCUT2D eigenvalue weighted by atomic mass is 9.75. The second kappa shape index (κ2) is 8.97. The largest absolute Gasteiger partial charge is 0.494 e. The molecule has 0 spiro atoms. The molecule has 0 fully saturated rings. The average molecular weight is 445 g/mol. The van der Waals surface area contributed by atoms with Gasteiger partial charge < -0.3 is 20.1 Å². The minimum atomic E-state index is -0.999. The standard InChI is InChI=1S/C22H27N3O7/c1-22(2,3)32-21(31)12-10-13(18(28)15-6-4-8-23-24-15)17-14(11-12)19(29)25(20(17)30)9-5-7-16(26)27/h4,6,8,12-13,29-30H,5,7,9-11H2,1-3H3,(H,26,27). The van der Waals surface area contributed by atoms with Crippen LogP contribution >= 0.6 is 0 Å². The third-order valence-corrected chi connectivity index (χ3v) is 5.32. The molecule has 0 aromatic carbocycles. The average Bonchev–Trinajstić information content (AvgIpc) is 2.96. The number of rotatable bonds is 7. The van der Waals surface area contributed by atoms with Gasteiger partial charge in [-0.25, -0.2) is 0 Å². The first kappa shape index (κ1) is 23.2. The van der Waals surface area contributed by atoms with E-state index in [1.165, 1.54) is 16.8 Å². The fourth-order valence-electron chi connectivity index (χ4n) is 3.98. The topological polar surface area (TPSA) is 152 Å². The van der Waals surface area contributed by atoms with E-state index in [1.54, 1.807) is 26.8 Å². The normalized spacial score (nSPS) is 18.1. The lowest BCUT2D eigenvalue weighted by molar-refractivity contribution is -0.160. The van der Waals surface area contributed by atoms with Crippen LogP contribution in [0.1, 0.15) is 67.6 Å². The van der Waals surface area contributed by atoms with E-state index >= 15 is 0 Å². The molecular weight excluding hydrogens is 418 g/mol. The van der Waals surface area contributed by atoms with Crippen molar-refractivity contribution in [3.05, 3.63) is 35.2 Å². The Morgan fingerprint density at radius 3 is 2.53 bits per heavy atom. The molecule has 0 saturated carbocycles. The summed E-state index contributed by atoms with van der Waals surface area (Å²) in [5.74, 6) is -4.20. The van der Waals surface area contributed by atoms with Crippen LogP contribution in [0, 0.1) is 5.92 Å². The Balaban J connectivity index is 2.01. The van der Waals surface area contributed by atoms with Crippen molar-refractivity contribution in [1.82, 2.24) is 14.8 Å². The number of carboxylic acid groups (broad SMARTS) is 1. The van der Waals surface area contributed by atoms with Crippen LogP contribution in [-0.2, 0) is 27.3 Å². The minimum absolute atomic E-state index is 0.0418. The number of hydrogen-bond acceptors (Lipinski definition) is 8. The molecule has 2 unspecified atom stereocenters. The van der Waals surface area contributed by atoms with Gasteiger partial charge in [0.25, 0.3) is 0 Å². The number of carbonyl (C=O) groups excluding carboxylic acids is 2. The summed E-state index contributed by atoms with van der Waals surface area (Å²) in [4.78, 5) is 36.9. The van der Waals surface area contributed by atoms with Gasteiger partial charge in [0.2, 0.25) is 0 Å². The van der Waals surface area contributed by atoms with Crippen LogP contribution in [0.15, 0.2) is 18.3 Å². The zero-order valence-corrected chi connectivity index (χ0v) is 18.2. The zero-order valence-electron chi connectivity index (χ0n) is 18.2. The van der Waals surface area contributed by atoms with Crippen molar-refractivity contribution in [3.8, 4) is 11.8 Å². The summed E-state index contributed by atoms with van der Waals surface area (Å²) in [5, 5.41) is 38.1. The van der Waals surface area contributed by atoms with Crippen molar-refractivity contribution in [2.45, 2.75) is 64.5 Å². The highest BCUT2D eigenvalue weighted by Crippen LogP contribution is 2.47. The number of aromatic nitrogens is 3. The number of aromatic hydroxyl groups is 2. The van der Waals surface area contributed by atoms with Gasteiger partial charge in [0.05, 0.1) is 11.8 Å². The number of ketones is 1. The molecular formula is C22H27N3O7. The number of hydrogen-bond donors (Lipinski definition) is 3. The molecule has 3 N–H and O–H groups in total. The van der Waals surface area contributed by atoms with Crippen LogP contribution in [0.5, 0.6) is 11.8 Å². The predicted octanol–water partition coefficient (Wildman–Crippen LogP) is 2.42. The Morgan fingerprint density at radius 2 is 1.94 bits per heavy atom. The SMILES string of the molecule is CC(C)(C)OC(=O)C1Cc2c(c(O)n(CCCC(=O)O)c2O)C(C(=O)c2cccnn2)C1. The van der Waals surface area contributed by atoms with Crippen molar-refractivity contribution in [2.24, 2.45) is 5.92 Å². The summed E-state index contributed by atoms with van der Waals surface area (Å²) < 4.78 is 6.68. The van der Waals surface area contributed by atoms with Crippen LogP contribution in [0.4, 0.5) is 0 Å². The number of ether oxygens (including phenoxy) is 1. The molecule has 3 rings (SSSR count). The lowest BCUT2D eigenvalue weighted by Crippen LogP contribution is -2.34. The van der Waals surface area contributed by atoms with E-state index in [0.29, 0.717) is 0 Å². The molecule has 2 aromatic heterocycles. The highest BCUT2D eigenvalue weighted by molar-refractivity contribution is 6.00. The molecule has 1 aliphatic carbocycles. The molecule has 10 heteroatoms. The van der Waals surface area contributed by atoms with Crippen LogP contribution < -0.4 is 0 Å². The Hall–Kier alpha value is -3.43. The fraction of sp³-hybridized carbons (Fsp3) is 0.500. The summed E-state index contributed by atoms with van der Waals surface area (Å²) in [6.07, 6.45) is 1.60. The van der Waals surface area contributed by atoms with Gasteiger partial charge in [0, 0.05) is 30.3 Å². The number of Topliss-reactive ketones (excluding diaryl/α,β-unsaturated/α-hetero) is 1. The zero-order chi connectivity index (χ0) is 23.6. The van der Waals surface area contributed by atoms with E-state index in [9.17, 15) is 24.6 Å². The summed E-state index contributed by atoms with van der Waals surface area (Å²) in [5.41, 5.74) is -0.143. The number of fused-ring (bicyclic) bond motifs is 1. The molecule has 0 aliphatic heterocycles. The lowest BCUT2D eigenvalue weighted by Gasteiger charge is -2.29. The van der Waals surface area contributed by atoms with Crippen LogP contribution in [0.2, 0.25) is 0 Å². The summed E-state index contributed by atoms with van der Waals surface area (Å²) in [6, 6.07) is 3.05. The molecule has 10 nitrogen and oxygen atoms in total. The van der Waals surface area contributed by atoms with Crippen LogP contribution in [0.25, 0.3) is 0 Å². The van der Waals surface area contributed by atoms with Crippen LogP contribution in [0.3, 0.4) is 0 Å². The van der Waals surface area contributed by atoms with Crippen molar-refractivity contribution >= 4 is 17.7 Å². The number of carbonyl (C=O) groups is 3. The van der Waals surface area contributed by atoms with Gasteiger partial charge in [-0.1, -0.05) is 0 Å². The van der Waals surface area contributed by atoms with Crippen LogP contribution in [-0.4, -0.2) is 53.4 Å². The molecule has 172 valence electrons. The highest BCUT2D eigenvalue weighted by atomic mass is 16.6. The van der Waals surface area contributed by atoms with Gasteiger partial charge in [0.15, 0.2) is 17.5 Å². The third-order valence-electron chi connectivity index (χ3n) is 5.32. The summed E-state index contributed by atoms with van der Waals surface area (Å²) in [7, 11) is 0. The molecule has 2 heterocycles. The van der Waals surface area contributed by atoms with Gasteiger partial charge in [-0.3, -0.25) is 19.0 Å². The van der Waals surface area contributed by atoms with E-state index < -0.39 is 35.2 Å². The van der Waals surface area contributed by atoms with Gasteiger partial charge >= 0.3 is 11.9 Å². The molecule has 32 heavy (non-hydrogen) atoms. The fourth-order valence-corrected chi connectivity index (χ4v) is 3.98. The number of aliphatic carboxylic acids is 1. The van der Waals surface area contributed by atoms with Gasteiger partial charge in [-0.05, 0) is 52.2 Å². The smallest absolute Gasteiger partial charge is 0.309 e. The molecule has 2 atom stereocenters. The van der Waals surface area contributed by atoms with Gasteiger partial charge in [0.1, 0.15) is 11.3 Å².